The highest BCUT2D eigenvalue weighted by Crippen LogP contribution is 2.23. The standard InChI is InChI=1S/C15H22N2O3/c1-2-20-14-6-4-3-5-13(14)16-15(19)8-10-17-9-7-12(18)11-17/h3-6,12,18H,2,7-11H2,1H3,(H,16,19)/t12-/m0/s1. The summed E-state index contributed by atoms with van der Waals surface area (Å²) in [5.41, 5.74) is 0.709. The van der Waals surface area contributed by atoms with Gasteiger partial charge in [-0.1, -0.05) is 12.1 Å². The molecule has 0 unspecified atom stereocenters. The minimum atomic E-state index is -0.239. The Bertz CT molecular complexity index is 450. The number of carbonyl (C=O) groups is 1. The second-order valence-corrected chi connectivity index (χ2v) is 4.97. The third kappa shape index (κ3) is 4.21. The number of carbonyl (C=O) groups excluding carboxylic acids is 1. The quantitative estimate of drug-likeness (QED) is 0.827. The number of nitrogens with zero attached hydrogens (tertiary/aromatic N) is 1. The Kier molecular flexibility index (Phi) is 5.38. The smallest absolute Gasteiger partial charge is 0.225 e. The minimum Gasteiger partial charge on any atom is -0.492 e. The van der Waals surface area contributed by atoms with Gasteiger partial charge in [-0.05, 0) is 25.5 Å². The highest BCUT2D eigenvalue weighted by molar-refractivity contribution is 5.92. The first-order chi connectivity index (χ1) is 9.69. The summed E-state index contributed by atoms with van der Waals surface area (Å²) in [6, 6.07) is 7.43. The number of para-hydroxylation sites is 2. The lowest BCUT2D eigenvalue weighted by Crippen LogP contribution is -2.26. The van der Waals surface area contributed by atoms with Crippen molar-refractivity contribution in [2.45, 2.75) is 25.9 Å². The third-order valence-corrected chi connectivity index (χ3v) is 3.36. The Morgan fingerprint density at radius 3 is 3.00 bits per heavy atom. The van der Waals surface area contributed by atoms with Crippen LogP contribution in [-0.2, 0) is 4.79 Å². The molecule has 2 N–H and O–H groups in total. The molecule has 0 aromatic heterocycles. The first kappa shape index (κ1) is 14.8. The number of hydrogen-bond donors (Lipinski definition) is 2. The van der Waals surface area contributed by atoms with Crippen molar-refractivity contribution in [2.24, 2.45) is 0 Å². The number of aliphatic hydroxyl groups is 1. The number of β-amino-alcohol motifs (C(OH)–C–C–N with tert-alkyl or cyclic N) is 1. The molecule has 5 nitrogen and oxygen atoms in total. The summed E-state index contributed by atoms with van der Waals surface area (Å²) < 4.78 is 5.47. The molecule has 1 aromatic carbocycles. The van der Waals surface area contributed by atoms with Crippen LogP contribution in [0, 0.1) is 0 Å². The van der Waals surface area contributed by atoms with Crippen molar-refractivity contribution in [1.82, 2.24) is 4.90 Å². The lowest BCUT2D eigenvalue weighted by atomic mass is 10.2. The molecular weight excluding hydrogens is 256 g/mol. The number of rotatable bonds is 6. The third-order valence-electron chi connectivity index (χ3n) is 3.36. The molecule has 5 heteroatoms. The number of amides is 1. The summed E-state index contributed by atoms with van der Waals surface area (Å²) in [5, 5.41) is 12.3. The molecule has 0 spiro atoms. The number of likely N-dealkylation sites (tertiary alicyclic amines) is 1. The topological polar surface area (TPSA) is 61.8 Å². The van der Waals surface area contributed by atoms with Crippen molar-refractivity contribution < 1.29 is 14.6 Å². The molecule has 2 rings (SSSR count). The molecule has 1 amide bonds. The lowest BCUT2D eigenvalue weighted by Gasteiger charge is -2.15. The van der Waals surface area contributed by atoms with E-state index in [2.05, 4.69) is 10.2 Å². The van der Waals surface area contributed by atoms with Crippen LogP contribution in [0.1, 0.15) is 19.8 Å². The van der Waals surface area contributed by atoms with E-state index >= 15 is 0 Å². The Morgan fingerprint density at radius 1 is 1.50 bits per heavy atom. The number of hydrogen-bond acceptors (Lipinski definition) is 4. The van der Waals surface area contributed by atoms with Crippen LogP contribution in [0.3, 0.4) is 0 Å². The first-order valence-corrected chi connectivity index (χ1v) is 7.11. The van der Waals surface area contributed by atoms with Crippen LogP contribution in [0.5, 0.6) is 5.75 Å². The molecule has 110 valence electrons. The van der Waals surface area contributed by atoms with E-state index < -0.39 is 0 Å². The molecule has 1 heterocycles. The maximum Gasteiger partial charge on any atom is 0.225 e. The lowest BCUT2D eigenvalue weighted by molar-refractivity contribution is -0.116. The largest absolute Gasteiger partial charge is 0.492 e. The van der Waals surface area contributed by atoms with Crippen LogP contribution in [0.15, 0.2) is 24.3 Å². The molecule has 1 fully saturated rings. The summed E-state index contributed by atoms with van der Waals surface area (Å²) in [7, 11) is 0. The SMILES string of the molecule is CCOc1ccccc1NC(=O)CCN1CC[C@H](O)C1. The van der Waals surface area contributed by atoms with Gasteiger partial charge in [0.2, 0.25) is 5.91 Å². The zero-order valence-corrected chi connectivity index (χ0v) is 11.8. The minimum absolute atomic E-state index is 0.0291. The average Bonchev–Trinajstić information content (AvgIpc) is 2.85. The Hall–Kier alpha value is -1.59. The normalized spacial score (nSPS) is 19.0. The first-order valence-electron chi connectivity index (χ1n) is 7.11. The Morgan fingerprint density at radius 2 is 2.30 bits per heavy atom. The van der Waals surface area contributed by atoms with Gasteiger partial charge in [0.25, 0.3) is 0 Å². The molecular formula is C15H22N2O3. The van der Waals surface area contributed by atoms with Crippen LogP contribution >= 0.6 is 0 Å². The van der Waals surface area contributed by atoms with Crippen molar-refractivity contribution >= 4 is 11.6 Å². The van der Waals surface area contributed by atoms with E-state index in [1.165, 1.54) is 0 Å². The number of anilines is 1. The van der Waals surface area contributed by atoms with Gasteiger partial charge >= 0.3 is 0 Å². The van der Waals surface area contributed by atoms with Crippen LogP contribution in [-0.4, -0.2) is 48.3 Å². The fourth-order valence-corrected chi connectivity index (χ4v) is 2.34. The van der Waals surface area contributed by atoms with Gasteiger partial charge in [-0.15, -0.1) is 0 Å². The van der Waals surface area contributed by atoms with Crippen molar-refractivity contribution in [3.63, 3.8) is 0 Å². The molecule has 20 heavy (non-hydrogen) atoms. The fourth-order valence-electron chi connectivity index (χ4n) is 2.34. The van der Waals surface area contributed by atoms with E-state index in [4.69, 9.17) is 4.74 Å². The summed E-state index contributed by atoms with van der Waals surface area (Å²) in [5.74, 6) is 0.665. The Labute approximate surface area is 119 Å². The molecule has 0 aliphatic carbocycles. The van der Waals surface area contributed by atoms with Gasteiger partial charge in [0.1, 0.15) is 5.75 Å². The predicted molar refractivity (Wildman–Crippen MR) is 77.9 cm³/mol. The summed E-state index contributed by atoms with van der Waals surface area (Å²) in [6.45, 7) is 4.70. The molecule has 1 aliphatic heterocycles. The molecule has 1 aliphatic rings. The zero-order chi connectivity index (χ0) is 14.4. The molecule has 0 bridgehead atoms. The van der Waals surface area contributed by atoms with E-state index in [1.807, 2.05) is 31.2 Å². The average molecular weight is 278 g/mol. The van der Waals surface area contributed by atoms with Crippen LogP contribution in [0.2, 0.25) is 0 Å². The van der Waals surface area contributed by atoms with E-state index in [1.54, 1.807) is 0 Å². The van der Waals surface area contributed by atoms with Gasteiger partial charge in [-0.3, -0.25) is 4.79 Å². The molecule has 1 atom stereocenters. The number of benzene rings is 1. The van der Waals surface area contributed by atoms with E-state index in [0.717, 1.165) is 13.0 Å². The number of nitrogens with one attached hydrogen (secondary N) is 1. The van der Waals surface area contributed by atoms with Gasteiger partial charge in [-0.2, -0.15) is 0 Å². The Balaban J connectivity index is 1.82. The second kappa shape index (κ2) is 7.26. The second-order valence-electron chi connectivity index (χ2n) is 4.97. The fraction of sp³-hybridized carbons (Fsp3) is 0.533. The molecule has 0 saturated carbocycles. The zero-order valence-electron chi connectivity index (χ0n) is 11.8. The van der Waals surface area contributed by atoms with Crippen molar-refractivity contribution in [2.75, 3.05) is 31.6 Å². The van der Waals surface area contributed by atoms with Gasteiger partial charge in [0.15, 0.2) is 0 Å². The van der Waals surface area contributed by atoms with E-state index in [-0.39, 0.29) is 12.0 Å². The number of ether oxygens (including phenoxy) is 1. The van der Waals surface area contributed by atoms with Crippen LogP contribution in [0.4, 0.5) is 5.69 Å². The molecule has 1 saturated heterocycles. The summed E-state index contributed by atoms with van der Waals surface area (Å²) in [6.07, 6.45) is 0.985. The number of aliphatic hydroxyl groups excluding tert-OH is 1. The monoisotopic (exact) mass is 278 g/mol. The van der Waals surface area contributed by atoms with Crippen molar-refractivity contribution in [3.8, 4) is 5.75 Å². The maximum absolute atomic E-state index is 12.0. The highest BCUT2D eigenvalue weighted by Gasteiger charge is 2.20. The van der Waals surface area contributed by atoms with Crippen LogP contribution in [0.25, 0.3) is 0 Å². The molecule has 0 radical (unpaired) electrons. The summed E-state index contributed by atoms with van der Waals surface area (Å²) in [4.78, 5) is 14.1. The van der Waals surface area contributed by atoms with Crippen molar-refractivity contribution in [1.29, 1.82) is 0 Å². The highest BCUT2D eigenvalue weighted by atomic mass is 16.5. The molecule has 1 aromatic rings. The maximum atomic E-state index is 12.0. The predicted octanol–water partition coefficient (Wildman–Crippen LogP) is 1.48. The van der Waals surface area contributed by atoms with Gasteiger partial charge in [0.05, 0.1) is 18.4 Å². The van der Waals surface area contributed by atoms with Gasteiger partial charge in [-0.25, -0.2) is 0 Å². The van der Waals surface area contributed by atoms with E-state index in [0.29, 0.717) is 37.6 Å². The summed E-state index contributed by atoms with van der Waals surface area (Å²) >= 11 is 0. The van der Waals surface area contributed by atoms with Crippen LogP contribution < -0.4 is 10.1 Å². The van der Waals surface area contributed by atoms with Crippen molar-refractivity contribution in [3.05, 3.63) is 24.3 Å². The van der Waals surface area contributed by atoms with Gasteiger partial charge in [0, 0.05) is 26.1 Å². The van der Waals surface area contributed by atoms with E-state index in [9.17, 15) is 9.90 Å². The van der Waals surface area contributed by atoms with Gasteiger partial charge < -0.3 is 20.1 Å².